The van der Waals surface area contributed by atoms with Gasteiger partial charge in [-0.2, -0.15) is 0 Å². The maximum absolute atomic E-state index is 5.35. The molecule has 0 saturated carbocycles. The highest BCUT2D eigenvalue weighted by molar-refractivity contribution is 9.10. The van der Waals surface area contributed by atoms with Crippen LogP contribution >= 0.6 is 28.1 Å². The summed E-state index contributed by atoms with van der Waals surface area (Å²) in [5.74, 6) is 0. The van der Waals surface area contributed by atoms with Crippen molar-refractivity contribution in [1.29, 1.82) is 0 Å². The summed E-state index contributed by atoms with van der Waals surface area (Å²) in [5.41, 5.74) is 6.27. The first-order valence-electron chi connectivity index (χ1n) is 4.75. The van der Waals surface area contributed by atoms with E-state index < -0.39 is 0 Å². The number of rotatable bonds is 1. The van der Waals surface area contributed by atoms with E-state index in [1.165, 1.54) is 0 Å². The van der Waals surface area contributed by atoms with Crippen LogP contribution in [0.25, 0.3) is 0 Å². The van der Waals surface area contributed by atoms with E-state index in [0.717, 1.165) is 10.0 Å². The molecule has 0 unspecified atom stereocenters. The fraction of sp³-hybridized carbons (Fsp3) is 0. The summed E-state index contributed by atoms with van der Waals surface area (Å²) in [6.45, 7) is 0. The Hall–Kier alpha value is -1.19. The van der Waals surface area contributed by atoms with Crippen molar-refractivity contribution >= 4 is 33.1 Å². The third-order valence-corrected chi connectivity index (χ3v) is 2.56. The van der Waals surface area contributed by atoms with Crippen LogP contribution in [0.2, 0.25) is 0 Å². The van der Waals surface area contributed by atoms with Crippen molar-refractivity contribution in [1.82, 2.24) is 0 Å². The molecule has 82 valence electrons. The van der Waals surface area contributed by atoms with Gasteiger partial charge in [0.25, 0.3) is 0 Å². The van der Waals surface area contributed by atoms with Crippen molar-refractivity contribution in [3.05, 3.63) is 70.7 Å². The van der Waals surface area contributed by atoms with Gasteiger partial charge in [-0.3, -0.25) is 0 Å². The molecule has 16 heavy (non-hydrogen) atoms. The zero-order valence-electron chi connectivity index (χ0n) is 8.64. The molecule has 0 spiro atoms. The lowest BCUT2D eigenvalue weighted by Gasteiger charge is -1.92. The second-order valence-corrected chi connectivity index (χ2v) is 4.38. The van der Waals surface area contributed by atoms with E-state index in [1.54, 1.807) is 0 Å². The van der Waals surface area contributed by atoms with Crippen molar-refractivity contribution < 1.29 is 0 Å². The first-order chi connectivity index (χ1) is 7.70. The Morgan fingerprint density at radius 2 is 1.31 bits per heavy atom. The fourth-order valence-electron chi connectivity index (χ4n) is 1.02. The lowest BCUT2D eigenvalue weighted by molar-refractivity contribution is 1.63. The van der Waals surface area contributed by atoms with Crippen LogP contribution in [0.15, 0.2) is 65.1 Å². The van der Waals surface area contributed by atoms with Gasteiger partial charge in [0.15, 0.2) is 0 Å². The molecule has 0 heterocycles. The van der Waals surface area contributed by atoms with Crippen LogP contribution in [0, 0.1) is 0 Å². The minimum Gasteiger partial charge on any atom is -0.389 e. The van der Waals surface area contributed by atoms with Crippen molar-refractivity contribution in [3.8, 4) is 0 Å². The van der Waals surface area contributed by atoms with Crippen molar-refractivity contribution in [2.24, 2.45) is 5.73 Å². The molecule has 1 nitrogen and oxygen atoms in total. The SMILES string of the molecule is Brc1ccccc1.NC(=S)c1ccccc1. The van der Waals surface area contributed by atoms with Gasteiger partial charge >= 0.3 is 0 Å². The Kier molecular flexibility index (Phi) is 5.75. The van der Waals surface area contributed by atoms with Crippen LogP contribution in [0.1, 0.15) is 5.56 Å². The third kappa shape index (κ3) is 5.05. The molecule has 0 amide bonds. The van der Waals surface area contributed by atoms with E-state index in [4.69, 9.17) is 18.0 Å². The van der Waals surface area contributed by atoms with Crippen molar-refractivity contribution in [2.75, 3.05) is 0 Å². The summed E-state index contributed by atoms with van der Waals surface area (Å²) in [6.07, 6.45) is 0. The van der Waals surface area contributed by atoms with Crippen LogP contribution in [0.4, 0.5) is 0 Å². The molecule has 0 fully saturated rings. The predicted octanol–water partition coefficient (Wildman–Crippen LogP) is 3.77. The van der Waals surface area contributed by atoms with E-state index in [9.17, 15) is 0 Å². The molecule has 2 rings (SSSR count). The average Bonchev–Trinajstić information content (AvgIpc) is 2.32. The smallest absolute Gasteiger partial charge is 0.103 e. The molecule has 0 bridgehead atoms. The first kappa shape index (κ1) is 12.9. The van der Waals surface area contributed by atoms with Crippen LogP contribution < -0.4 is 5.73 Å². The van der Waals surface area contributed by atoms with Gasteiger partial charge in [0, 0.05) is 10.0 Å². The summed E-state index contributed by atoms with van der Waals surface area (Å²) in [5, 5.41) is 0. The van der Waals surface area contributed by atoms with E-state index in [2.05, 4.69) is 15.9 Å². The zero-order valence-corrected chi connectivity index (χ0v) is 11.0. The number of benzene rings is 2. The summed E-state index contributed by atoms with van der Waals surface area (Å²) in [6, 6.07) is 19.5. The molecule has 0 aliphatic heterocycles. The molecule has 0 atom stereocenters. The van der Waals surface area contributed by atoms with Gasteiger partial charge in [0.2, 0.25) is 0 Å². The minimum atomic E-state index is 0.454. The van der Waals surface area contributed by atoms with Gasteiger partial charge in [0.05, 0.1) is 0 Å². The molecule has 2 aromatic carbocycles. The second-order valence-electron chi connectivity index (χ2n) is 3.03. The largest absolute Gasteiger partial charge is 0.389 e. The Bertz CT molecular complexity index is 428. The van der Waals surface area contributed by atoms with Gasteiger partial charge in [-0.25, -0.2) is 0 Å². The monoisotopic (exact) mass is 293 g/mol. The quantitative estimate of drug-likeness (QED) is 0.810. The molecule has 0 aliphatic carbocycles. The molecule has 0 saturated heterocycles. The number of hydrogen-bond acceptors (Lipinski definition) is 1. The molecule has 2 aromatic rings. The molecule has 0 aromatic heterocycles. The maximum atomic E-state index is 5.35. The Morgan fingerprint density at radius 1 is 0.875 bits per heavy atom. The van der Waals surface area contributed by atoms with E-state index in [1.807, 2.05) is 60.7 Å². The van der Waals surface area contributed by atoms with Crippen LogP contribution in [-0.2, 0) is 0 Å². The fourth-order valence-corrected chi connectivity index (χ4v) is 1.46. The van der Waals surface area contributed by atoms with Crippen LogP contribution in [-0.4, -0.2) is 4.99 Å². The summed E-state index contributed by atoms with van der Waals surface area (Å²) >= 11 is 8.05. The second kappa shape index (κ2) is 7.14. The zero-order chi connectivity index (χ0) is 11.8. The molecular formula is C13H12BrNS. The summed E-state index contributed by atoms with van der Waals surface area (Å²) < 4.78 is 1.13. The highest BCUT2D eigenvalue weighted by Gasteiger charge is 1.89. The van der Waals surface area contributed by atoms with E-state index >= 15 is 0 Å². The Labute approximate surface area is 109 Å². The molecule has 2 N–H and O–H groups in total. The normalized spacial score (nSPS) is 8.81. The molecular weight excluding hydrogens is 282 g/mol. The number of nitrogens with two attached hydrogens (primary N) is 1. The van der Waals surface area contributed by atoms with Gasteiger partial charge in [0.1, 0.15) is 4.99 Å². The molecule has 0 radical (unpaired) electrons. The first-order valence-corrected chi connectivity index (χ1v) is 5.95. The highest BCUT2D eigenvalue weighted by atomic mass is 79.9. The van der Waals surface area contributed by atoms with E-state index in [0.29, 0.717) is 4.99 Å². The predicted molar refractivity (Wildman–Crippen MR) is 76.5 cm³/mol. The van der Waals surface area contributed by atoms with Gasteiger partial charge in [-0.1, -0.05) is 76.7 Å². The van der Waals surface area contributed by atoms with Crippen molar-refractivity contribution in [3.63, 3.8) is 0 Å². The summed E-state index contributed by atoms with van der Waals surface area (Å²) in [7, 11) is 0. The minimum absolute atomic E-state index is 0.454. The van der Waals surface area contributed by atoms with Gasteiger partial charge < -0.3 is 5.73 Å². The number of thiocarbonyl (C=S) groups is 1. The van der Waals surface area contributed by atoms with E-state index in [-0.39, 0.29) is 0 Å². The average molecular weight is 294 g/mol. The van der Waals surface area contributed by atoms with Crippen LogP contribution in [0.3, 0.4) is 0 Å². The van der Waals surface area contributed by atoms with Gasteiger partial charge in [-0.15, -0.1) is 0 Å². The lowest BCUT2D eigenvalue weighted by Crippen LogP contribution is -2.08. The highest BCUT2D eigenvalue weighted by Crippen LogP contribution is 2.05. The van der Waals surface area contributed by atoms with Crippen molar-refractivity contribution in [2.45, 2.75) is 0 Å². The lowest BCUT2D eigenvalue weighted by atomic mass is 10.2. The third-order valence-electron chi connectivity index (χ3n) is 1.79. The van der Waals surface area contributed by atoms with Crippen LogP contribution in [0.5, 0.6) is 0 Å². The molecule has 0 aliphatic rings. The maximum Gasteiger partial charge on any atom is 0.103 e. The molecule has 3 heteroatoms. The topological polar surface area (TPSA) is 26.0 Å². The summed E-state index contributed by atoms with van der Waals surface area (Å²) in [4.78, 5) is 0.454. The number of hydrogen-bond donors (Lipinski definition) is 1. The Morgan fingerprint density at radius 3 is 1.56 bits per heavy atom. The van der Waals surface area contributed by atoms with Gasteiger partial charge in [-0.05, 0) is 12.1 Å². The standard InChI is InChI=1S/C7H7NS.C6H5Br/c8-7(9)6-4-2-1-3-5-6;7-6-4-2-1-3-5-6/h1-5H,(H2,8,9);1-5H. The Balaban J connectivity index is 0.000000165. The number of halogens is 1.